The molecule has 2 rings (SSSR count). The Morgan fingerprint density at radius 3 is 2.94 bits per heavy atom. The second-order valence-electron chi connectivity index (χ2n) is 4.58. The molecule has 1 heterocycles. The molecule has 3 nitrogen and oxygen atoms in total. The van der Waals surface area contributed by atoms with E-state index in [0.29, 0.717) is 13.1 Å². The zero-order chi connectivity index (χ0) is 13.1. The standard InChI is InChI=1S/C13H15F2NO2/c14-9-3-4-12(15)11(6-9)13(18)8-16-5-1-2-10(17)7-16/h3-4,6,10,17H,1-2,5,7-8H2. The molecule has 1 aliphatic rings. The molecule has 1 aromatic carbocycles. The van der Waals surface area contributed by atoms with Gasteiger partial charge in [0.2, 0.25) is 0 Å². The Labute approximate surface area is 104 Å². The van der Waals surface area contributed by atoms with Gasteiger partial charge in [-0.2, -0.15) is 0 Å². The summed E-state index contributed by atoms with van der Waals surface area (Å²) >= 11 is 0. The molecule has 1 fully saturated rings. The van der Waals surface area contributed by atoms with Crippen LogP contribution in [-0.2, 0) is 0 Å². The number of hydrogen-bond acceptors (Lipinski definition) is 3. The fraction of sp³-hybridized carbons (Fsp3) is 0.462. The van der Waals surface area contributed by atoms with Crippen molar-refractivity contribution in [2.75, 3.05) is 19.6 Å². The largest absolute Gasteiger partial charge is 0.392 e. The van der Waals surface area contributed by atoms with Crippen LogP contribution < -0.4 is 0 Å². The molecule has 0 spiro atoms. The third-order valence-electron chi connectivity index (χ3n) is 3.08. The van der Waals surface area contributed by atoms with Crippen LogP contribution >= 0.6 is 0 Å². The Morgan fingerprint density at radius 1 is 1.44 bits per heavy atom. The number of benzene rings is 1. The number of nitrogens with zero attached hydrogens (tertiary/aromatic N) is 1. The van der Waals surface area contributed by atoms with E-state index >= 15 is 0 Å². The van der Waals surface area contributed by atoms with E-state index in [1.807, 2.05) is 0 Å². The summed E-state index contributed by atoms with van der Waals surface area (Å²) in [6.07, 6.45) is 1.09. The molecular formula is C13H15F2NO2. The third-order valence-corrected chi connectivity index (χ3v) is 3.08. The summed E-state index contributed by atoms with van der Waals surface area (Å²) in [5.41, 5.74) is -0.227. The quantitative estimate of drug-likeness (QED) is 0.834. The SMILES string of the molecule is O=C(CN1CCCC(O)C1)c1cc(F)ccc1F. The smallest absolute Gasteiger partial charge is 0.179 e. The first kappa shape index (κ1) is 13.1. The molecule has 1 aliphatic heterocycles. The summed E-state index contributed by atoms with van der Waals surface area (Å²) < 4.78 is 26.4. The first-order valence-electron chi connectivity index (χ1n) is 5.95. The summed E-state index contributed by atoms with van der Waals surface area (Å²) in [7, 11) is 0. The van der Waals surface area contributed by atoms with Gasteiger partial charge in [-0.05, 0) is 37.6 Å². The molecule has 98 valence electrons. The van der Waals surface area contributed by atoms with Gasteiger partial charge in [-0.3, -0.25) is 9.69 Å². The molecular weight excluding hydrogens is 240 g/mol. The first-order valence-corrected chi connectivity index (χ1v) is 5.95. The molecule has 5 heteroatoms. The number of β-amino-alcohol motifs (C(OH)–C–C–N with tert-alkyl or cyclic N) is 1. The van der Waals surface area contributed by atoms with Crippen LogP contribution in [0.5, 0.6) is 0 Å². The molecule has 1 N–H and O–H groups in total. The minimum absolute atomic E-state index is 0.0113. The number of aliphatic hydroxyl groups is 1. The minimum Gasteiger partial charge on any atom is -0.392 e. The summed E-state index contributed by atoms with van der Waals surface area (Å²) in [5.74, 6) is -1.79. The van der Waals surface area contributed by atoms with E-state index in [1.165, 1.54) is 0 Å². The number of carbonyl (C=O) groups is 1. The number of rotatable bonds is 3. The summed E-state index contributed by atoms with van der Waals surface area (Å²) in [5, 5.41) is 9.47. The highest BCUT2D eigenvalue weighted by atomic mass is 19.1. The van der Waals surface area contributed by atoms with Gasteiger partial charge in [0.15, 0.2) is 5.78 Å². The normalized spacial score (nSPS) is 20.9. The van der Waals surface area contributed by atoms with E-state index in [4.69, 9.17) is 0 Å². The predicted octanol–water partition coefficient (Wildman–Crippen LogP) is 1.60. The lowest BCUT2D eigenvalue weighted by molar-refractivity contribution is 0.0632. The molecule has 1 saturated heterocycles. The van der Waals surface area contributed by atoms with Gasteiger partial charge in [0, 0.05) is 6.54 Å². The van der Waals surface area contributed by atoms with E-state index in [0.717, 1.165) is 31.0 Å². The number of piperidine rings is 1. The van der Waals surface area contributed by atoms with Crippen LogP contribution in [0, 0.1) is 11.6 Å². The average Bonchev–Trinajstić information content (AvgIpc) is 2.32. The van der Waals surface area contributed by atoms with Crippen molar-refractivity contribution in [1.82, 2.24) is 4.90 Å². The fourth-order valence-electron chi connectivity index (χ4n) is 2.17. The van der Waals surface area contributed by atoms with E-state index in [2.05, 4.69) is 0 Å². The van der Waals surface area contributed by atoms with Gasteiger partial charge < -0.3 is 5.11 Å². The number of halogens is 2. The van der Waals surface area contributed by atoms with Gasteiger partial charge >= 0.3 is 0 Å². The van der Waals surface area contributed by atoms with Crippen LogP contribution in [0.15, 0.2) is 18.2 Å². The Kier molecular flexibility index (Phi) is 4.04. The Morgan fingerprint density at radius 2 is 2.22 bits per heavy atom. The highest BCUT2D eigenvalue weighted by molar-refractivity contribution is 5.97. The van der Waals surface area contributed by atoms with E-state index in [9.17, 15) is 18.7 Å². The highest BCUT2D eigenvalue weighted by Gasteiger charge is 2.21. The molecule has 0 saturated carbocycles. The monoisotopic (exact) mass is 255 g/mol. The van der Waals surface area contributed by atoms with Crippen molar-refractivity contribution in [1.29, 1.82) is 0 Å². The van der Waals surface area contributed by atoms with Gasteiger partial charge in [-0.15, -0.1) is 0 Å². The van der Waals surface area contributed by atoms with Crippen molar-refractivity contribution in [3.8, 4) is 0 Å². The van der Waals surface area contributed by atoms with Crippen LogP contribution in [0.25, 0.3) is 0 Å². The Balaban J connectivity index is 2.05. The lowest BCUT2D eigenvalue weighted by atomic mass is 10.1. The molecule has 0 bridgehead atoms. The van der Waals surface area contributed by atoms with E-state index in [1.54, 1.807) is 4.90 Å². The molecule has 1 aromatic rings. The lowest BCUT2D eigenvalue weighted by Crippen LogP contribution is -2.41. The fourth-order valence-corrected chi connectivity index (χ4v) is 2.17. The van der Waals surface area contributed by atoms with E-state index < -0.39 is 23.5 Å². The maximum Gasteiger partial charge on any atom is 0.179 e. The molecule has 0 amide bonds. The van der Waals surface area contributed by atoms with Crippen molar-refractivity contribution in [3.05, 3.63) is 35.4 Å². The van der Waals surface area contributed by atoms with E-state index in [-0.39, 0.29) is 12.1 Å². The van der Waals surface area contributed by atoms with Gasteiger partial charge in [0.1, 0.15) is 11.6 Å². The molecule has 0 radical (unpaired) electrons. The number of aliphatic hydroxyl groups excluding tert-OH is 1. The van der Waals surface area contributed by atoms with Gasteiger partial charge in [0.25, 0.3) is 0 Å². The van der Waals surface area contributed by atoms with Crippen molar-refractivity contribution in [2.24, 2.45) is 0 Å². The number of ketones is 1. The molecule has 1 unspecified atom stereocenters. The lowest BCUT2D eigenvalue weighted by Gasteiger charge is -2.29. The topological polar surface area (TPSA) is 40.5 Å². The zero-order valence-corrected chi connectivity index (χ0v) is 9.90. The van der Waals surface area contributed by atoms with Crippen LogP contribution in [-0.4, -0.2) is 41.5 Å². The van der Waals surface area contributed by atoms with Gasteiger partial charge in [-0.25, -0.2) is 8.78 Å². The third kappa shape index (κ3) is 3.11. The molecule has 0 aliphatic carbocycles. The average molecular weight is 255 g/mol. The van der Waals surface area contributed by atoms with Crippen molar-refractivity contribution >= 4 is 5.78 Å². The maximum atomic E-state index is 13.4. The molecule has 18 heavy (non-hydrogen) atoms. The van der Waals surface area contributed by atoms with Crippen molar-refractivity contribution in [2.45, 2.75) is 18.9 Å². The second kappa shape index (κ2) is 5.54. The number of carbonyl (C=O) groups excluding carboxylic acids is 1. The molecule has 1 atom stereocenters. The Bertz CT molecular complexity index is 451. The second-order valence-corrected chi connectivity index (χ2v) is 4.58. The minimum atomic E-state index is -0.709. The number of hydrogen-bond donors (Lipinski definition) is 1. The molecule has 0 aromatic heterocycles. The maximum absolute atomic E-state index is 13.4. The number of likely N-dealkylation sites (tertiary alicyclic amines) is 1. The summed E-state index contributed by atoms with van der Waals surface area (Å²) in [6.45, 7) is 1.11. The van der Waals surface area contributed by atoms with Crippen LogP contribution in [0.3, 0.4) is 0 Å². The summed E-state index contributed by atoms with van der Waals surface area (Å²) in [4.78, 5) is 13.6. The van der Waals surface area contributed by atoms with Crippen LogP contribution in [0.1, 0.15) is 23.2 Å². The van der Waals surface area contributed by atoms with Crippen molar-refractivity contribution < 1.29 is 18.7 Å². The van der Waals surface area contributed by atoms with Gasteiger partial charge in [0.05, 0.1) is 18.2 Å². The first-order chi connectivity index (χ1) is 8.56. The van der Waals surface area contributed by atoms with Gasteiger partial charge in [-0.1, -0.05) is 0 Å². The predicted molar refractivity (Wildman–Crippen MR) is 62.4 cm³/mol. The van der Waals surface area contributed by atoms with Crippen LogP contribution in [0.4, 0.5) is 8.78 Å². The highest BCUT2D eigenvalue weighted by Crippen LogP contribution is 2.14. The Hall–Kier alpha value is -1.33. The summed E-state index contributed by atoms with van der Waals surface area (Å²) in [6, 6.07) is 2.85. The zero-order valence-electron chi connectivity index (χ0n) is 9.90. The number of Topliss-reactive ketones (excluding diaryl/α,β-unsaturated/α-hetero) is 1. The van der Waals surface area contributed by atoms with Crippen LogP contribution in [0.2, 0.25) is 0 Å². The van der Waals surface area contributed by atoms with Crippen molar-refractivity contribution in [3.63, 3.8) is 0 Å².